The molecule has 2 atom stereocenters. The Bertz CT molecular complexity index is 1490. The molecule has 0 radical (unpaired) electrons. The topological polar surface area (TPSA) is 146 Å². The van der Waals surface area contributed by atoms with Gasteiger partial charge in [0, 0.05) is 57.2 Å². The van der Waals surface area contributed by atoms with Crippen molar-refractivity contribution in [2.24, 2.45) is 12.5 Å². The van der Waals surface area contributed by atoms with Crippen LogP contribution < -0.4 is 0 Å². The molecule has 248 valence electrons. The fourth-order valence-electron chi connectivity index (χ4n) is 5.35. The van der Waals surface area contributed by atoms with Gasteiger partial charge in [0.25, 0.3) is 5.91 Å². The minimum Gasteiger partial charge on any atom is -0.475 e. The number of halogens is 6. The number of hydrogen-bond acceptors (Lipinski definition) is 6. The average Bonchev–Trinajstić information content (AvgIpc) is 3.59. The lowest BCUT2D eigenvalue weighted by Gasteiger charge is -2.42. The molecule has 46 heavy (non-hydrogen) atoms. The van der Waals surface area contributed by atoms with Crippen molar-refractivity contribution < 1.29 is 55.7 Å². The Kier molecular flexibility index (Phi) is 11.1. The van der Waals surface area contributed by atoms with E-state index in [1.807, 2.05) is 51.9 Å². The predicted molar refractivity (Wildman–Crippen MR) is 147 cm³/mol. The molecule has 1 aromatic carbocycles. The molecule has 2 amide bonds. The number of nitrogens with zero attached hydrogens (tertiary/aromatic N) is 5. The summed E-state index contributed by atoms with van der Waals surface area (Å²) in [5.41, 5.74) is 1.88. The fraction of sp³-hybridized carbons (Fsp3) is 0.379. The quantitative estimate of drug-likeness (QED) is 0.399. The third-order valence-corrected chi connectivity index (χ3v) is 7.40. The Morgan fingerprint density at radius 2 is 1.50 bits per heavy atom. The zero-order valence-electron chi connectivity index (χ0n) is 24.2. The van der Waals surface area contributed by atoms with Crippen LogP contribution in [0, 0.1) is 5.41 Å². The summed E-state index contributed by atoms with van der Waals surface area (Å²) in [7, 11) is 1.90. The van der Waals surface area contributed by atoms with E-state index in [1.54, 1.807) is 24.5 Å². The van der Waals surface area contributed by atoms with Crippen LogP contribution in [-0.4, -0.2) is 90.5 Å². The highest BCUT2D eigenvalue weighted by atomic mass is 19.4. The standard InChI is InChI=1S/C25H27N5O2.2C2HF3O2/c1-28-22(11-14-27-28)20-17-30(23(31)21-10-5-6-13-26-21)18-25(20)12-7-15-29(24(25)32)16-19-8-3-2-4-9-19;2*3-2(4,5)1(6)7/h2-6,8-11,13-14,20H,7,12,15-18H2,1H3;2*(H,6,7)/t20-,25+;;/m0../s1. The Morgan fingerprint density at radius 1 is 0.913 bits per heavy atom. The number of carboxylic acids is 2. The summed E-state index contributed by atoms with van der Waals surface area (Å²) >= 11 is 0. The zero-order valence-corrected chi connectivity index (χ0v) is 24.2. The summed E-state index contributed by atoms with van der Waals surface area (Å²) in [6.45, 7) is 2.22. The van der Waals surface area contributed by atoms with Crippen molar-refractivity contribution in [3.8, 4) is 0 Å². The molecular weight excluding hydrogens is 628 g/mol. The molecule has 0 saturated carbocycles. The number of amides is 2. The third kappa shape index (κ3) is 8.60. The van der Waals surface area contributed by atoms with Crippen LogP contribution in [0.2, 0.25) is 0 Å². The molecule has 4 heterocycles. The predicted octanol–water partition coefficient (Wildman–Crippen LogP) is 4.13. The van der Waals surface area contributed by atoms with Crippen LogP contribution in [0.4, 0.5) is 26.3 Å². The van der Waals surface area contributed by atoms with Gasteiger partial charge < -0.3 is 20.0 Å². The fourth-order valence-corrected chi connectivity index (χ4v) is 5.35. The number of hydrogen-bond donors (Lipinski definition) is 2. The summed E-state index contributed by atoms with van der Waals surface area (Å²) in [5, 5.41) is 18.6. The maximum absolute atomic E-state index is 14.0. The van der Waals surface area contributed by atoms with Crippen molar-refractivity contribution in [3.05, 3.63) is 83.9 Å². The molecule has 0 aliphatic carbocycles. The van der Waals surface area contributed by atoms with Gasteiger partial charge in [-0.3, -0.25) is 19.3 Å². The van der Waals surface area contributed by atoms with Gasteiger partial charge >= 0.3 is 24.3 Å². The first-order valence-electron chi connectivity index (χ1n) is 13.6. The first kappa shape index (κ1) is 35.5. The molecule has 2 N–H and O–H groups in total. The van der Waals surface area contributed by atoms with Gasteiger partial charge in [0.2, 0.25) is 5.91 Å². The lowest BCUT2D eigenvalue weighted by Crippen LogP contribution is -2.52. The van der Waals surface area contributed by atoms with Gasteiger partial charge in [-0.2, -0.15) is 31.4 Å². The van der Waals surface area contributed by atoms with Crippen LogP contribution in [0.3, 0.4) is 0 Å². The molecule has 11 nitrogen and oxygen atoms in total. The van der Waals surface area contributed by atoms with Gasteiger partial charge in [-0.25, -0.2) is 9.59 Å². The van der Waals surface area contributed by atoms with E-state index in [4.69, 9.17) is 19.8 Å². The summed E-state index contributed by atoms with van der Waals surface area (Å²) < 4.78 is 65.3. The molecule has 5 rings (SSSR count). The Balaban J connectivity index is 0.000000345. The van der Waals surface area contributed by atoms with Gasteiger partial charge in [-0.1, -0.05) is 36.4 Å². The second-order valence-electron chi connectivity index (χ2n) is 10.4. The maximum atomic E-state index is 14.0. The zero-order chi connectivity index (χ0) is 34.3. The monoisotopic (exact) mass is 657 g/mol. The number of aryl methyl sites for hydroxylation is 1. The van der Waals surface area contributed by atoms with E-state index in [1.165, 1.54) is 0 Å². The van der Waals surface area contributed by atoms with Crippen LogP contribution in [0.1, 0.15) is 40.5 Å². The number of alkyl halides is 6. The largest absolute Gasteiger partial charge is 0.490 e. The van der Waals surface area contributed by atoms with Crippen molar-refractivity contribution >= 4 is 23.8 Å². The molecular formula is C29H29F6N5O6. The number of carboxylic acid groups (broad SMARTS) is 2. The van der Waals surface area contributed by atoms with Crippen molar-refractivity contribution in [1.29, 1.82) is 0 Å². The number of aromatic nitrogens is 3. The van der Waals surface area contributed by atoms with Gasteiger partial charge in [0.15, 0.2) is 0 Å². The van der Waals surface area contributed by atoms with E-state index in [0.717, 1.165) is 30.6 Å². The van der Waals surface area contributed by atoms with E-state index >= 15 is 0 Å². The molecule has 2 aromatic heterocycles. The van der Waals surface area contributed by atoms with Crippen molar-refractivity contribution in [1.82, 2.24) is 24.6 Å². The number of rotatable bonds is 4. The number of carbonyl (C=O) groups excluding carboxylic acids is 2. The maximum Gasteiger partial charge on any atom is 0.490 e. The molecule has 0 bridgehead atoms. The smallest absolute Gasteiger partial charge is 0.475 e. The van der Waals surface area contributed by atoms with Crippen molar-refractivity contribution in [3.63, 3.8) is 0 Å². The lowest BCUT2D eigenvalue weighted by molar-refractivity contribution is -0.193. The van der Waals surface area contributed by atoms with Crippen LogP contribution >= 0.6 is 0 Å². The second kappa shape index (κ2) is 14.4. The minimum atomic E-state index is -5.08. The van der Waals surface area contributed by atoms with Gasteiger partial charge in [-0.05, 0) is 36.6 Å². The van der Waals surface area contributed by atoms with E-state index in [9.17, 15) is 35.9 Å². The van der Waals surface area contributed by atoms with E-state index in [2.05, 4.69) is 22.2 Å². The molecule has 2 aliphatic heterocycles. The number of likely N-dealkylation sites (tertiary alicyclic amines) is 2. The van der Waals surface area contributed by atoms with Crippen LogP contribution in [0.15, 0.2) is 67.0 Å². The second-order valence-corrected chi connectivity index (χ2v) is 10.4. The van der Waals surface area contributed by atoms with E-state index in [0.29, 0.717) is 25.3 Å². The van der Waals surface area contributed by atoms with Crippen molar-refractivity contribution in [2.75, 3.05) is 19.6 Å². The summed E-state index contributed by atoms with van der Waals surface area (Å²) in [5.74, 6) is -5.61. The Labute approximate surface area is 258 Å². The van der Waals surface area contributed by atoms with E-state index < -0.39 is 29.7 Å². The highest BCUT2D eigenvalue weighted by Gasteiger charge is 2.57. The average molecular weight is 658 g/mol. The third-order valence-electron chi connectivity index (χ3n) is 7.40. The van der Waals surface area contributed by atoms with Crippen LogP contribution in [0.25, 0.3) is 0 Å². The van der Waals surface area contributed by atoms with Gasteiger partial charge in [-0.15, -0.1) is 0 Å². The number of benzene rings is 1. The summed E-state index contributed by atoms with van der Waals surface area (Å²) in [6.07, 6.45) is -5.09. The number of carbonyl (C=O) groups is 4. The van der Waals surface area contributed by atoms with E-state index in [-0.39, 0.29) is 17.7 Å². The van der Waals surface area contributed by atoms with Crippen LogP contribution in [-0.2, 0) is 28.0 Å². The first-order valence-corrected chi connectivity index (χ1v) is 13.6. The number of pyridine rings is 1. The molecule has 2 fully saturated rings. The summed E-state index contributed by atoms with van der Waals surface area (Å²) in [6, 6.07) is 17.4. The first-order chi connectivity index (χ1) is 21.5. The SMILES string of the molecule is Cn1nccc1[C@@H]1CN(C(=O)c2ccccn2)C[C@]12CCCN(Cc1ccccc1)C2=O.O=C(O)C(F)(F)F.O=C(O)C(F)(F)F. The highest BCUT2D eigenvalue weighted by molar-refractivity contribution is 5.94. The minimum absolute atomic E-state index is 0.103. The number of aliphatic carboxylic acids is 2. The molecule has 0 unspecified atom stereocenters. The lowest BCUT2D eigenvalue weighted by atomic mass is 9.70. The Morgan fingerprint density at radius 3 is 2.00 bits per heavy atom. The molecule has 2 saturated heterocycles. The molecule has 17 heteroatoms. The summed E-state index contributed by atoms with van der Waals surface area (Å²) in [4.78, 5) is 53.1. The van der Waals surface area contributed by atoms with Gasteiger partial charge in [0.05, 0.1) is 5.41 Å². The highest BCUT2D eigenvalue weighted by Crippen LogP contribution is 2.49. The molecule has 3 aromatic rings. The van der Waals surface area contributed by atoms with Crippen LogP contribution in [0.5, 0.6) is 0 Å². The molecule has 2 aliphatic rings. The Hall–Kier alpha value is -4.96. The number of piperidine rings is 1. The normalized spacial score (nSPS) is 19.5. The van der Waals surface area contributed by atoms with Gasteiger partial charge in [0.1, 0.15) is 5.69 Å². The van der Waals surface area contributed by atoms with Crippen molar-refractivity contribution in [2.45, 2.75) is 37.7 Å². The molecule has 1 spiro atoms.